The number of thioether (sulfide) groups is 1. The predicted molar refractivity (Wildman–Crippen MR) is 108 cm³/mol. The van der Waals surface area contributed by atoms with E-state index in [0.717, 1.165) is 23.1 Å². The number of non-ortho nitro benzene ring substituents is 1. The summed E-state index contributed by atoms with van der Waals surface area (Å²) in [6.45, 7) is 4.19. The third-order valence-electron chi connectivity index (χ3n) is 3.84. The van der Waals surface area contributed by atoms with E-state index >= 15 is 0 Å². The monoisotopic (exact) mass is 414 g/mol. The minimum absolute atomic E-state index is 0.0254. The van der Waals surface area contributed by atoms with Crippen LogP contribution in [0.5, 0.6) is 5.75 Å². The molecule has 1 N–H and O–H groups in total. The number of rotatable bonds is 8. The predicted octanol–water partition coefficient (Wildman–Crippen LogP) is 4.08. The summed E-state index contributed by atoms with van der Waals surface area (Å²) in [7, 11) is 0. The highest BCUT2D eigenvalue weighted by Crippen LogP contribution is 2.26. The highest BCUT2D eigenvalue weighted by molar-refractivity contribution is 7.99. The zero-order chi connectivity index (χ0) is 20.8. The number of nitrogens with zero attached hydrogens (tertiary/aromatic N) is 3. The first kappa shape index (κ1) is 20.3. The highest BCUT2D eigenvalue weighted by Gasteiger charge is 2.13. The van der Waals surface area contributed by atoms with Gasteiger partial charge < -0.3 is 14.5 Å². The van der Waals surface area contributed by atoms with Crippen LogP contribution in [-0.4, -0.2) is 33.4 Å². The molecular weight excluding hydrogens is 396 g/mol. The van der Waals surface area contributed by atoms with Crippen molar-refractivity contribution < 1.29 is 18.9 Å². The van der Waals surface area contributed by atoms with Gasteiger partial charge in [-0.2, -0.15) is 0 Å². The van der Waals surface area contributed by atoms with Gasteiger partial charge in [0.25, 0.3) is 10.9 Å². The number of nitrogens with one attached hydrogen (secondary N) is 1. The minimum atomic E-state index is -0.480. The quantitative estimate of drug-likeness (QED) is 0.332. The molecule has 1 aromatic heterocycles. The summed E-state index contributed by atoms with van der Waals surface area (Å²) >= 11 is 1.10. The first-order valence-electron chi connectivity index (χ1n) is 8.70. The number of benzene rings is 2. The Balaban J connectivity index is 1.56. The standard InChI is InChI=1S/C19H18N4O5S/c1-3-27-15-7-4-13(5-8-15)18-21-22-19(28-18)29-11-17(24)20-16-9-6-14(23(25)26)10-12(16)2/h4-10H,3,11H2,1-2H3,(H,20,24). The van der Waals surface area contributed by atoms with E-state index in [4.69, 9.17) is 9.15 Å². The summed E-state index contributed by atoms with van der Waals surface area (Å²) in [6, 6.07) is 11.5. The van der Waals surface area contributed by atoms with Crippen molar-refractivity contribution in [3.63, 3.8) is 0 Å². The third-order valence-corrected chi connectivity index (χ3v) is 4.66. The first-order chi connectivity index (χ1) is 14.0. The van der Waals surface area contributed by atoms with Gasteiger partial charge in [0.1, 0.15) is 5.75 Å². The Kier molecular flexibility index (Phi) is 6.45. The minimum Gasteiger partial charge on any atom is -0.494 e. The van der Waals surface area contributed by atoms with E-state index in [9.17, 15) is 14.9 Å². The molecule has 0 bridgehead atoms. The maximum atomic E-state index is 12.2. The van der Waals surface area contributed by atoms with E-state index in [-0.39, 0.29) is 22.6 Å². The lowest BCUT2D eigenvalue weighted by Crippen LogP contribution is -2.14. The number of amides is 1. The number of nitro benzene ring substituents is 1. The molecule has 1 heterocycles. The molecule has 10 heteroatoms. The molecule has 0 unspecified atom stereocenters. The average Bonchev–Trinajstić information content (AvgIpc) is 3.18. The summed E-state index contributed by atoms with van der Waals surface area (Å²) in [5.41, 5.74) is 1.84. The molecule has 0 aliphatic carbocycles. The van der Waals surface area contributed by atoms with E-state index < -0.39 is 4.92 Å². The molecule has 0 saturated heterocycles. The van der Waals surface area contributed by atoms with Gasteiger partial charge in [0.2, 0.25) is 11.8 Å². The number of hydrogen-bond donors (Lipinski definition) is 1. The topological polar surface area (TPSA) is 120 Å². The maximum absolute atomic E-state index is 12.2. The second-order valence-corrected chi connectivity index (χ2v) is 6.85. The van der Waals surface area contributed by atoms with Crippen LogP contribution in [0.15, 0.2) is 52.1 Å². The second-order valence-electron chi connectivity index (χ2n) is 5.92. The Labute approximate surface area is 170 Å². The van der Waals surface area contributed by atoms with Gasteiger partial charge in [0, 0.05) is 23.4 Å². The van der Waals surface area contributed by atoms with Crippen molar-refractivity contribution in [2.75, 3.05) is 17.7 Å². The fraction of sp³-hybridized carbons (Fsp3) is 0.211. The zero-order valence-corrected chi connectivity index (χ0v) is 16.6. The van der Waals surface area contributed by atoms with Gasteiger partial charge in [0.15, 0.2) is 0 Å². The molecule has 0 aliphatic heterocycles. The smallest absolute Gasteiger partial charge is 0.277 e. The van der Waals surface area contributed by atoms with E-state index in [1.54, 1.807) is 6.92 Å². The molecule has 2 aromatic carbocycles. The number of aromatic nitrogens is 2. The third kappa shape index (κ3) is 5.32. The largest absolute Gasteiger partial charge is 0.494 e. The van der Waals surface area contributed by atoms with Crippen molar-refractivity contribution in [2.45, 2.75) is 19.1 Å². The number of carbonyl (C=O) groups excluding carboxylic acids is 1. The summed E-state index contributed by atoms with van der Waals surface area (Å²) in [6.07, 6.45) is 0. The van der Waals surface area contributed by atoms with E-state index in [2.05, 4.69) is 15.5 Å². The zero-order valence-electron chi connectivity index (χ0n) is 15.7. The summed E-state index contributed by atoms with van der Waals surface area (Å²) in [5, 5.41) is 21.7. The van der Waals surface area contributed by atoms with E-state index in [1.165, 1.54) is 18.2 Å². The molecule has 3 aromatic rings. The van der Waals surface area contributed by atoms with Crippen molar-refractivity contribution in [2.24, 2.45) is 0 Å². The van der Waals surface area contributed by atoms with Gasteiger partial charge in [-0.1, -0.05) is 11.8 Å². The average molecular weight is 414 g/mol. The van der Waals surface area contributed by atoms with Gasteiger partial charge in [-0.05, 0) is 49.7 Å². The highest BCUT2D eigenvalue weighted by atomic mass is 32.2. The molecular formula is C19H18N4O5S. The maximum Gasteiger partial charge on any atom is 0.277 e. The van der Waals surface area contributed by atoms with Gasteiger partial charge in [-0.3, -0.25) is 14.9 Å². The van der Waals surface area contributed by atoms with Crippen LogP contribution >= 0.6 is 11.8 Å². The summed E-state index contributed by atoms with van der Waals surface area (Å²) in [4.78, 5) is 22.5. The van der Waals surface area contributed by atoms with Crippen LogP contribution in [0.1, 0.15) is 12.5 Å². The Morgan fingerprint density at radius 3 is 2.66 bits per heavy atom. The van der Waals surface area contributed by atoms with Crippen LogP contribution in [0.3, 0.4) is 0 Å². The van der Waals surface area contributed by atoms with Crippen molar-refractivity contribution in [3.8, 4) is 17.2 Å². The Hall–Kier alpha value is -3.40. The molecule has 1 amide bonds. The molecule has 0 radical (unpaired) electrons. The van der Waals surface area contributed by atoms with E-state index in [0.29, 0.717) is 23.7 Å². The molecule has 150 valence electrons. The molecule has 0 fully saturated rings. The Morgan fingerprint density at radius 1 is 1.24 bits per heavy atom. The van der Waals surface area contributed by atoms with Crippen molar-refractivity contribution in [1.29, 1.82) is 0 Å². The first-order valence-corrected chi connectivity index (χ1v) is 9.69. The van der Waals surface area contributed by atoms with Crippen LogP contribution in [0.25, 0.3) is 11.5 Å². The Morgan fingerprint density at radius 2 is 2.00 bits per heavy atom. The number of hydrogen-bond acceptors (Lipinski definition) is 8. The molecule has 9 nitrogen and oxygen atoms in total. The lowest BCUT2D eigenvalue weighted by molar-refractivity contribution is -0.384. The van der Waals surface area contributed by atoms with Gasteiger partial charge in [-0.25, -0.2) is 0 Å². The fourth-order valence-corrected chi connectivity index (χ4v) is 3.02. The van der Waals surface area contributed by atoms with Gasteiger partial charge in [-0.15, -0.1) is 10.2 Å². The van der Waals surface area contributed by atoms with Crippen LogP contribution in [-0.2, 0) is 4.79 Å². The fourth-order valence-electron chi connectivity index (χ4n) is 2.46. The summed E-state index contributed by atoms with van der Waals surface area (Å²) < 4.78 is 11.0. The molecule has 3 rings (SSSR count). The van der Waals surface area contributed by atoms with E-state index in [1.807, 2.05) is 31.2 Å². The molecule has 0 atom stereocenters. The number of nitro groups is 1. The number of anilines is 1. The van der Waals surface area contributed by atoms with Gasteiger partial charge in [0.05, 0.1) is 17.3 Å². The molecule has 0 spiro atoms. The van der Waals surface area contributed by atoms with Crippen LogP contribution < -0.4 is 10.1 Å². The number of carbonyl (C=O) groups is 1. The lowest BCUT2D eigenvalue weighted by atomic mass is 10.2. The van der Waals surface area contributed by atoms with Gasteiger partial charge >= 0.3 is 0 Å². The van der Waals surface area contributed by atoms with Crippen molar-refractivity contribution in [1.82, 2.24) is 10.2 Å². The second kappa shape index (κ2) is 9.20. The van der Waals surface area contributed by atoms with Crippen LogP contribution in [0.2, 0.25) is 0 Å². The van der Waals surface area contributed by atoms with Crippen molar-refractivity contribution >= 4 is 29.0 Å². The summed E-state index contributed by atoms with van der Waals surface area (Å²) in [5.74, 6) is 0.875. The lowest BCUT2D eigenvalue weighted by Gasteiger charge is -2.07. The number of aryl methyl sites for hydroxylation is 1. The van der Waals surface area contributed by atoms with Crippen LogP contribution in [0.4, 0.5) is 11.4 Å². The van der Waals surface area contributed by atoms with Crippen molar-refractivity contribution in [3.05, 3.63) is 58.1 Å². The SMILES string of the molecule is CCOc1ccc(-c2nnc(SCC(=O)Nc3ccc([N+](=O)[O-])cc3C)o2)cc1. The normalized spacial score (nSPS) is 10.6. The Bertz CT molecular complexity index is 1020. The number of ether oxygens (including phenoxy) is 1. The molecule has 0 aliphatic rings. The molecule has 29 heavy (non-hydrogen) atoms. The molecule has 0 saturated carbocycles. The van der Waals surface area contributed by atoms with Crippen LogP contribution in [0, 0.1) is 17.0 Å².